The van der Waals surface area contributed by atoms with Gasteiger partial charge in [-0.05, 0) is 24.3 Å². The van der Waals surface area contributed by atoms with E-state index in [-0.39, 0.29) is 15.0 Å². The first-order valence-electron chi connectivity index (χ1n) is 4.45. The predicted molar refractivity (Wildman–Crippen MR) is 54.0 cm³/mol. The van der Waals surface area contributed by atoms with Crippen LogP contribution in [0.15, 0.2) is 29.2 Å². The van der Waals surface area contributed by atoms with E-state index in [0.29, 0.717) is 0 Å². The van der Waals surface area contributed by atoms with Crippen LogP contribution in [0.3, 0.4) is 0 Å². The Labute approximate surface area is 96.3 Å². The lowest BCUT2D eigenvalue weighted by atomic mass is 10.3. The molecule has 0 atom stereocenters. The number of phenols is 1. The van der Waals surface area contributed by atoms with E-state index in [1.165, 1.54) is 0 Å². The maximum Gasteiger partial charge on any atom is 0.402 e. The third kappa shape index (κ3) is 3.60. The summed E-state index contributed by atoms with van der Waals surface area (Å²) in [5.74, 6) is -0.164. The van der Waals surface area contributed by atoms with Crippen molar-refractivity contribution in [3.8, 4) is 5.75 Å². The van der Waals surface area contributed by atoms with Crippen molar-refractivity contribution in [3.63, 3.8) is 0 Å². The molecular weight excluding hydrogens is 259 g/mol. The highest BCUT2D eigenvalue weighted by Crippen LogP contribution is 2.22. The van der Waals surface area contributed by atoms with Gasteiger partial charge >= 0.3 is 6.18 Å². The minimum absolute atomic E-state index is 0.164. The van der Waals surface area contributed by atoms with Gasteiger partial charge in [0.25, 0.3) is 0 Å². The molecule has 4 nitrogen and oxygen atoms in total. The number of hydrogen-bond donors (Lipinski definition) is 1. The fraction of sp³-hybridized carbons (Fsp3) is 0.333. The third-order valence-electron chi connectivity index (χ3n) is 1.95. The van der Waals surface area contributed by atoms with Crippen molar-refractivity contribution in [1.82, 2.24) is 4.31 Å². The van der Waals surface area contributed by atoms with Gasteiger partial charge in [-0.15, -0.1) is 0 Å². The lowest BCUT2D eigenvalue weighted by Crippen LogP contribution is -2.35. The van der Waals surface area contributed by atoms with Crippen LogP contribution in [0.2, 0.25) is 0 Å². The van der Waals surface area contributed by atoms with Crippen LogP contribution in [0.5, 0.6) is 5.75 Å². The first-order valence-corrected chi connectivity index (χ1v) is 5.89. The van der Waals surface area contributed by atoms with Crippen molar-refractivity contribution in [2.45, 2.75) is 11.1 Å². The lowest BCUT2D eigenvalue weighted by Gasteiger charge is -2.18. The van der Waals surface area contributed by atoms with E-state index in [2.05, 4.69) is 0 Å². The van der Waals surface area contributed by atoms with Crippen molar-refractivity contribution in [2.75, 3.05) is 13.6 Å². The molecule has 1 rings (SSSR count). The highest BCUT2D eigenvalue weighted by molar-refractivity contribution is 7.89. The number of aromatic hydroxyl groups is 1. The average Bonchev–Trinajstić information content (AvgIpc) is 2.15. The highest BCUT2D eigenvalue weighted by Gasteiger charge is 2.34. The molecule has 0 bridgehead atoms. The number of phenolic OH excluding ortho intramolecular Hbond substituents is 1. The molecule has 0 aliphatic heterocycles. The van der Waals surface area contributed by atoms with E-state index < -0.39 is 22.7 Å². The zero-order valence-corrected chi connectivity index (χ0v) is 9.59. The standard InChI is InChI=1S/C9H10F3NO3S/c1-13(6-9(10,11)12)17(15,16)8-4-2-7(14)3-5-8/h2-5,14H,6H2,1H3. The first kappa shape index (κ1) is 13.8. The Hall–Kier alpha value is -1.28. The zero-order valence-electron chi connectivity index (χ0n) is 8.77. The van der Waals surface area contributed by atoms with Crippen LogP contribution < -0.4 is 0 Å². The Morgan fingerprint density at radius 1 is 1.24 bits per heavy atom. The van der Waals surface area contributed by atoms with E-state index >= 15 is 0 Å². The van der Waals surface area contributed by atoms with Gasteiger partial charge in [0, 0.05) is 7.05 Å². The van der Waals surface area contributed by atoms with Gasteiger partial charge < -0.3 is 5.11 Å². The number of halogens is 3. The van der Waals surface area contributed by atoms with Crippen LogP contribution in [-0.2, 0) is 10.0 Å². The second kappa shape index (κ2) is 4.53. The van der Waals surface area contributed by atoms with E-state index in [1.807, 2.05) is 0 Å². The van der Waals surface area contributed by atoms with Crippen LogP contribution in [0.1, 0.15) is 0 Å². The fourth-order valence-corrected chi connectivity index (χ4v) is 2.29. The number of sulfonamides is 1. The van der Waals surface area contributed by atoms with Crippen molar-refractivity contribution >= 4 is 10.0 Å². The maximum absolute atomic E-state index is 12.1. The van der Waals surface area contributed by atoms with Crippen molar-refractivity contribution in [3.05, 3.63) is 24.3 Å². The summed E-state index contributed by atoms with van der Waals surface area (Å²) in [5, 5.41) is 8.96. The Balaban J connectivity index is 2.99. The third-order valence-corrected chi connectivity index (χ3v) is 3.76. The second-order valence-electron chi connectivity index (χ2n) is 3.37. The van der Waals surface area contributed by atoms with E-state index in [4.69, 9.17) is 5.11 Å². The number of rotatable bonds is 3. The molecule has 0 radical (unpaired) electrons. The molecule has 1 N–H and O–H groups in total. The largest absolute Gasteiger partial charge is 0.508 e. The van der Waals surface area contributed by atoms with Gasteiger partial charge in [-0.3, -0.25) is 0 Å². The quantitative estimate of drug-likeness (QED) is 0.906. The van der Waals surface area contributed by atoms with Gasteiger partial charge in [0.15, 0.2) is 0 Å². The Morgan fingerprint density at radius 3 is 2.12 bits per heavy atom. The summed E-state index contributed by atoms with van der Waals surface area (Å²) in [6.45, 7) is -1.56. The summed E-state index contributed by atoms with van der Waals surface area (Å²) in [6.07, 6.45) is -4.60. The molecule has 8 heteroatoms. The fourth-order valence-electron chi connectivity index (χ4n) is 1.14. The van der Waals surface area contributed by atoms with Crippen LogP contribution in [0.4, 0.5) is 13.2 Å². The van der Waals surface area contributed by atoms with Gasteiger partial charge in [-0.1, -0.05) is 0 Å². The molecule has 0 saturated heterocycles. The van der Waals surface area contributed by atoms with Gasteiger partial charge in [0.05, 0.1) is 4.90 Å². The molecular formula is C9H10F3NO3S. The molecule has 0 unspecified atom stereocenters. The van der Waals surface area contributed by atoms with E-state index in [9.17, 15) is 21.6 Å². The smallest absolute Gasteiger partial charge is 0.402 e. The Bertz CT molecular complexity index is 481. The average molecular weight is 269 g/mol. The monoisotopic (exact) mass is 269 g/mol. The van der Waals surface area contributed by atoms with Crippen LogP contribution in [0.25, 0.3) is 0 Å². The van der Waals surface area contributed by atoms with Gasteiger partial charge in [0.1, 0.15) is 12.3 Å². The summed E-state index contributed by atoms with van der Waals surface area (Å²) >= 11 is 0. The molecule has 0 aliphatic carbocycles. The van der Waals surface area contributed by atoms with Gasteiger partial charge in [0.2, 0.25) is 10.0 Å². The van der Waals surface area contributed by atoms with Crippen molar-refractivity contribution in [1.29, 1.82) is 0 Å². The summed E-state index contributed by atoms with van der Waals surface area (Å²) in [6, 6.07) is 4.26. The highest BCUT2D eigenvalue weighted by atomic mass is 32.2. The molecule has 1 aromatic rings. The topological polar surface area (TPSA) is 57.6 Å². The molecule has 0 aromatic heterocycles. The van der Waals surface area contributed by atoms with Crippen LogP contribution in [-0.4, -0.2) is 37.6 Å². The maximum atomic E-state index is 12.1. The molecule has 1 aromatic carbocycles. The van der Waals surface area contributed by atoms with E-state index in [0.717, 1.165) is 31.3 Å². The molecule has 0 amide bonds. The zero-order chi connectivity index (χ0) is 13.3. The number of nitrogens with zero attached hydrogens (tertiary/aromatic N) is 1. The number of alkyl halides is 3. The normalized spacial score (nSPS) is 13.0. The molecule has 0 aliphatic rings. The summed E-state index contributed by atoms with van der Waals surface area (Å²) in [4.78, 5) is -0.304. The Morgan fingerprint density at radius 2 is 1.71 bits per heavy atom. The van der Waals surface area contributed by atoms with Crippen LogP contribution in [0, 0.1) is 0 Å². The van der Waals surface area contributed by atoms with Gasteiger partial charge in [-0.25, -0.2) is 8.42 Å². The predicted octanol–water partition coefficient (Wildman–Crippen LogP) is 1.57. The van der Waals surface area contributed by atoms with Crippen molar-refractivity contribution < 1.29 is 26.7 Å². The lowest BCUT2D eigenvalue weighted by molar-refractivity contribution is -0.134. The Kier molecular flexibility index (Phi) is 3.68. The molecule has 96 valence electrons. The molecule has 0 fully saturated rings. The van der Waals surface area contributed by atoms with Gasteiger partial charge in [-0.2, -0.15) is 17.5 Å². The molecule has 17 heavy (non-hydrogen) atoms. The SMILES string of the molecule is CN(CC(F)(F)F)S(=O)(=O)c1ccc(O)cc1. The minimum Gasteiger partial charge on any atom is -0.508 e. The summed E-state index contributed by atoms with van der Waals surface area (Å²) < 4.78 is 59.7. The molecule has 0 spiro atoms. The number of hydrogen-bond acceptors (Lipinski definition) is 3. The van der Waals surface area contributed by atoms with E-state index in [1.54, 1.807) is 0 Å². The number of benzene rings is 1. The molecule has 0 saturated carbocycles. The summed E-state index contributed by atoms with van der Waals surface area (Å²) in [5.41, 5.74) is 0. The van der Waals surface area contributed by atoms with Crippen LogP contribution >= 0.6 is 0 Å². The van der Waals surface area contributed by atoms with Crippen molar-refractivity contribution in [2.24, 2.45) is 0 Å². The minimum atomic E-state index is -4.60. The first-order chi connectivity index (χ1) is 7.63. The molecule has 0 heterocycles. The second-order valence-corrected chi connectivity index (χ2v) is 5.42. The summed E-state index contributed by atoms with van der Waals surface area (Å²) in [7, 11) is -3.34.